The summed E-state index contributed by atoms with van der Waals surface area (Å²) in [6.07, 6.45) is 3.38. The lowest BCUT2D eigenvalue weighted by Crippen LogP contribution is -2.18. The Morgan fingerprint density at radius 3 is 2.86 bits per heavy atom. The minimum atomic E-state index is -0.317. The van der Waals surface area contributed by atoms with Crippen LogP contribution < -0.4 is 5.32 Å². The number of benzene rings is 1. The van der Waals surface area contributed by atoms with E-state index in [1.165, 1.54) is 18.2 Å². The van der Waals surface area contributed by atoms with Crippen LogP contribution in [-0.4, -0.2) is 41.2 Å². The van der Waals surface area contributed by atoms with Gasteiger partial charge in [-0.3, -0.25) is 9.48 Å². The van der Waals surface area contributed by atoms with E-state index < -0.39 is 0 Å². The third-order valence-electron chi connectivity index (χ3n) is 3.09. The molecule has 2 aromatic rings. The fourth-order valence-electron chi connectivity index (χ4n) is 1.84. The van der Waals surface area contributed by atoms with Crippen molar-refractivity contribution in [3.8, 4) is 0 Å². The molecule has 0 aliphatic carbocycles. The number of hydrogen-bond acceptors (Lipinski definition) is 3. The van der Waals surface area contributed by atoms with Gasteiger partial charge in [0.25, 0.3) is 5.91 Å². The van der Waals surface area contributed by atoms with Gasteiger partial charge in [0.2, 0.25) is 0 Å². The molecule has 6 heteroatoms. The van der Waals surface area contributed by atoms with E-state index in [4.69, 9.17) is 0 Å². The lowest BCUT2D eigenvalue weighted by Gasteiger charge is -2.08. The summed E-state index contributed by atoms with van der Waals surface area (Å²) in [6.45, 7) is 3.25. The van der Waals surface area contributed by atoms with Gasteiger partial charge in [0.1, 0.15) is 5.82 Å². The summed E-state index contributed by atoms with van der Waals surface area (Å²) >= 11 is 0. The van der Waals surface area contributed by atoms with Crippen molar-refractivity contribution < 1.29 is 9.18 Å². The number of halogens is 1. The Labute approximate surface area is 123 Å². The molecule has 0 fully saturated rings. The second-order valence-corrected chi connectivity index (χ2v) is 5.21. The van der Waals surface area contributed by atoms with Crippen LogP contribution in [-0.2, 0) is 6.54 Å². The Bertz CT molecular complexity index is 636. The van der Waals surface area contributed by atoms with Crippen molar-refractivity contribution in [3.05, 3.63) is 47.5 Å². The molecule has 1 amide bonds. The molecule has 112 valence electrons. The Morgan fingerprint density at radius 1 is 1.43 bits per heavy atom. The number of hydrogen-bond donors (Lipinski definition) is 1. The van der Waals surface area contributed by atoms with E-state index in [1.54, 1.807) is 24.0 Å². The van der Waals surface area contributed by atoms with Gasteiger partial charge in [-0.05, 0) is 44.8 Å². The van der Waals surface area contributed by atoms with Crippen LogP contribution in [0.25, 0.3) is 0 Å². The van der Waals surface area contributed by atoms with Crippen LogP contribution in [0.5, 0.6) is 0 Å². The number of nitrogens with one attached hydrogen (secondary N) is 1. The monoisotopic (exact) mass is 290 g/mol. The minimum Gasteiger partial charge on any atom is -0.319 e. The molecule has 1 aromatic heterocycles. The number of amides is 1. The number of carbonyl (C=O) groups is 1. The van der Waals surface area contributed by atoms with E-state index >= 15 is 0 Å². The highest BCUT2D eigenvalue weighted by Crippen LogP contribution is 2.12. The normalized spacial score (nSPS) is 10.9. The quantitative estimate of drug-likeness (QED) is 0.918. The number of carbonyl (C=O) groups excluding carboxylic acids is 1. The van der Waals surface area contributed by atoms with Crippen molar-refractivity contribution in [2.75, 3.05) is 26.0 Å². The fraction of sp³-hybridized carbons (Fsp3) is 0.333. The van der Waals surface area contributed by atoms with E-state index in [1.807, 2.05) is 14.1 Å². The first-order chi connectivity index (χ1) is 9.95. The first kappa shape index (κ1) is 15.2. The second-order valence-electron chi connectivity index (χ2n) is 5.21. The molecule has 1 heterocycles. The number of nitrogens with zero attached hydrogens (tertiary/aromatic N) is 3. The number of rotatable bonds is 5. The summed E-state index contributed by atoms with van der Waals surface area (Å²) in [7, 11) is 3.98. The maximum atomic E-state index is 13.2. The lowest BCUT2D eigenvalue weighted by molar-refractivity contribution is 0.102. The summed E-state index contributed by atoms with van der Waals surface area (Å²) in [5.41, 5.74) is 1.50. The highest BCUT2D eigenvalue weighted by Gasteiger charge is 2.09. The molecular formula is C15H19FN4O. The number of aromatic nitrogens is 2. The zero-order valence-corrected chi connectivity index (χ0v) is 12.4. The molecule has 0 radical (unpaired) electrons. The SMILES string of the molecule is Cc1cc(C(=O)Nc2cnn(CCN(C)C)c2)ccc1F. The van der Waals surface area contributed by atoms with Gasteiger partial charge in [0, 0.05) is 18.3 Å². The fourth-order valence-corrected chi connectivity index (χ4v) is 1.84. The van der Waals surface area contributed by atoms with Crippen LogP contribution in [0.15, 0.2) is 30.6 Å². The van der Waals surface area contributed by atoms with Gasteiger partial charge in [-0.15, -0.1) is 0 Å². The molecule has 0 saturated heterocycles. The van der Waals surface area contributed by atoms with Gasteiger partial charge < -0.3 is 10.2 Å². The van der Waals surface area contributed by atoms with Crippen molar-refractivity contribution in [1.29, 1.82) is 0 Å². The third kappa shape index (κ3) is 4.13. The summed E-state index contributed by atoms with van der Waals surface area (Å²) in [5, 5.41) is 6.94. The van der Waals surface area contributed by atoms with E-state index in [0.29, 0.717) is 16.8 Å². The standard InChI is InChI=1S/C15H19FN4O/c1-11-8-12(4-5-14(11)16)15(21)18-13-9-17-20(10-13)7-6-19(2)3/h4-5,8-10H,6-7H2,1-3H3,(H,18,21). The van der Waals surface area contributed by atoms with Crippen LogP contribution in [0.4, 0.5) is 10.1 Å². The molecule has 2 rings (SSSR count). The lowest BCUT2D eigenvalue weighted by atomic mass is 10.1. The van der Waals surface area contributed by atoms with Gasteiger partial charge in [0.05, 0.1) is 18.4 Å². The highest BCUT2D eigenvalue weighted by molar-refractivity contribution is 6.04. The zero-order valence-electron chi connectivity index (χ0n) is 12.4. The summed E-state index contributed by atoms with van der Waals surface area (Å²) in [6, 6.07) is 4.29. The van der Waals surface area contributed by atoms with E-state index in [-0.39, 0.29) is 11.7 Å². The topological polar surface area (TPSA) is 50.2 Å². The predicted octanol–water partition coefficient (Wildman–Crippen LogP) is 2.14. The zero-order chi connectivity index (χ0) is 15.4. The van der Waals surface area contributed by atoms with E-state index in [2.05, 4.69) is 15.3 Å². The maximum absolute atomic E-state index is 13.2. The van der Waals surface area contributed by atoms with Crippen LogP contribution in [0.3, 0.4) is 0 Å². The largest absolute Gasteiger partial charge is 0.319 e. The van der Waals surface area contributed by atoms with Crippen molar-refractivity contribution in [3.63, 3.8) is 0 Å². The third-order valence-corrected chi connectivity index (χ3v) is 3.09. The van der Waals surface area contributed by atoms with Crippen molar-refractivity contribution >= 4 is 11.6 Å². The molecule has 5 nitrogen and oxygen atoms in total. The van der Waals surface area contributed by atoms with Crippen molar-refractivity contribution in [2.24, 2.45) is 0 Å². The van der Waals surface area contributed by atoms with Crippen LogP contribution >= 0.6 is 0 Å². The summed E-state index contributed by atoms with van der Waals surface area (Å²) < 4.78 is 15.0. The molecule has 0 atom stereocenters. The Kier molecular flexibility index (Phi) is 4.70. The molecule has 0 unspecified atom stereocenters. The minimum absolute atomic E-state index is 0.273. The summed E-state index contributed by atoms with van der Waals surface area (Å²) in [4.78, 5) is 14.1. The molecular weight excluding hydrogens is 271 g/mol. The predicted molar refractivity (Wildman–Crippen MR) is 79.9 cm³/mol. The molecule has 0 saturated carbocycles. The molecule has 0 spiro atoms. The van der Waals surface area contributed by atoms with Crippen LogP contribution in [0, 0.1) is 12.7 Å². The van der Waals surface area contributed by atoms with Crippen LogP contribution in [0.2, 0.25) is 0 Å². The smallest absolute Gasteiger partial charge is 0.255 e. The van der Waals surface area contributed by atoms with Gasteiger partial charge in [-0.25, -0.2) is 4.39 Å². The number of anilines is 1. The second kappa shape index (κ2) is 6.49. The summed E-state index contributed by atoms with van der Waals surface area (Å²) in [5.74, 6) is -0.590. The molecule has 1 N–H and O–H groups in total. The highest BCUT2D eigenvalue weighted by atomic mass is 19.1. The van der Waals surface area contributed by atoms with E-state index in [9.17, 15) is 9.18 Å². The average Bonchev–Trinajstić information content (AvgIpc) is 2.87. The first-order valence-electron chi connectivity index (χ1n) is 6.70. The Balaban J connectivity index is 2.00. The van der Waals surface area contributed by atoms with Gasteiger partial charge in [-0.2, -0.15) is 5.10 Å². The van der Waals surface area contributed by atoms with Crippen molar-refractivity contribution in [2.45, 2.75) is 13.5 Å². The molecule has 0 aliphatic rings. The van der Waals surface area contributed by atoms with Gasteiger partial charge >= 0.3 is 0 Å². The number of aryl methyl sites for hydroxylation is 1. The Morgan fingerprint density at radius 2 is 2.19 bits per heavy atom. The van der Waals surface area contributed by atoms with Crippen LogP contribution in [0.1, 0.15) is 15.9 Å². The van der Waals surface area contributed by atoms with E-state index in [0.717, 1.165) is 13.1 Å². The molecule has 1 aromatic carbocycles. The Hall–Kier alpha value is -2.21. The molecule has 0 aliphatic heterocycles. The van der Waals surface area contributed by atoms with Gasteiger partial charge in [0.15, 0.2) is 0 Å². The average molecular weight is 290 g/mol. The molecule has 21 heavy (non-hydrogen) atoms. The molecule has 0 bridgehead atoms. The maximum Gasteiger partial charge on any atom is 0.255 e. The van der Waals surface area contributed by atoms with Gasteiger partial charge in [-0.1, -0.05) is 0 Å². The number of likely N-dealkylation sites (N-methyl/N-ethyl adjacent to an activating group) is 1. The first-order valence-corrected chi connectivity index (χ1v) is 6.70. The van der Waals surface area contributed by atoms with Crippen molar-refractivity contribution in [1.82, 2.24) is 14.7 Å².